The fraction of sp³-hybridized carbons (Fsp3) is 0.714. The van der Waals surface area contributed by atoms with E-state index in [0.29, 0.717) is 6.54 Å². The fourth-order valence-electron chi connectivity index (χ4n) is 0.755. The lowest BCUT2D eigenvalue weighted by atomic mass is 10.3. The molecule has 0 aromatic rings. The highest BCUT2D eigenvalue weighted by Crippen LogP contribution is 1.99. The molecule has 0 aliphatic rings. The molecule has 0 aromatic heterocycles. The van der Waals surface area contributed by atoms with Crippen LogP contribution in [0.15, 0.2) is 0 Å². The van der Waals surface area contributed by atoms with Gasteiger partial charge in [-0.2, -0.15) is 0 Å². The van der Waals surface area contributed by atoms with Crippen molar-refractivity contribution >= 4 is 23.8 Å². The van der Waals surface area contributed by atoms with E-state index in [9.17, 15) is 9.59 Å². The van der Waals surface area contributed by atoms with Gasteiger partial charge in [-0.15, -0.1) is 0 Å². The van der Waals surface area contributed by atoms with Crippen LogP contribution in [0.3, 0.4) is 0 Å². The van der Waals surface area contributed by atoms with Gasteiger partial charge < -0.3 is 10.0 Å². The minimum Gasteiger partial charge on any atom is -0.480 e. The third-order valence-electron chi connectivity index (χ3n) is 1.38. The number of rotatable bonds is 5. The van der Waals surface area contributed by atoms with Crippen LogP contribution in [0.1, 0.15) is 19.8 Å². The number of thiol groups is 1. The lowest BCUT2D eigenvalue weighted by molar-refractivity contribution is -0.137. The Bertz CT molecular complexity index is 172. The molecule has 0 radical (unpaired) electrons. The smallest absolute Gasteiger partial charge is 0.323 e. The van der Waals surface area contributed by atoms with Crippen LogP contribution in [0, 0.1) is 0 Å². The predicted octanol–water partition coefficient (Wildman–Crippen LogP) is 1.22. The Balaban J connectivity index is 3.87. The Kier molecular flexibility index (Phi) is 5.53. The fourth-order valence-corrected chi connectivity index (χ4v) is 0.925. The number of aliphatic carboxylic acids is 1. The Hall–Kier alpha value is -0.710. The molecule has 70 valence electrons. The van der Waals surface area contributed by atoms with Crippen molar-refractivity contribution in [3.63, 3.8) is 0 Å². The van der Waals surface area contributed by atoms with Gasteiger partial charge in [0.25, 0.3) is 5.24 Å². The van der Waals surface area contributed by atoms with Crippen molar-refractivity contribution in [2.45, 2.75) is 19.8 Å². The third kappa shape index (κ3) is 5.01. The molecule has 0 aliphatic carbocycles. The zero-order valence-electron chi connectivity index (χ0n) is 6.99. The molecule has 0 atom stereocenters. The number of carboxylic acids is 1. The van der Waals surface area contributed by atoms with Gasteiger partial charge in [-0.05, 0) is 6.42 Å². The van der Waals surface area contributed by atoms with Crippen LogP contribution in [0.4, 0.5) is 4.79 Å². The van der Waals surface area contributed by atoms with Crippen molar-refractivity contribution in [3.8, 4) is 0 Å². The van der Waals surface area contributed by atoms with E-state index >= 15 is 0 Å². The molecule has 0 fully saturated rings. The summed E-state index contributed by atoms with van der Waals surface area (Å²) >= 11 is 3.56. The topological polar surface area (TPSA) is 57.6 Å². The van der Waals surface area contributed by atoms with Crippen molar-refractivity contribution in [2.75, 3.05) is 13.1 Å². The van der Waals surface area contributed by atoms with Gasteiger partial charge in [0.05, 0.1) is 0 Å². The van der Waals surface area contributed by atoms with Gasteiger partial charge in [-0.25, -0.2) is 0 Å². The molecule has 0 aliphatic heterocycles. The van der Waals surface area contributed by atoms with Crippen LogP contribution in [-0.4, -0.2) is 34.3 Å². The molecular weight excluding hydrogens is 178 g/mol. The third-order valence-corrected chi connectivity index (χ3v) is 1.66. The van der Waals surface area contributed by atoms with Gasteiger partial charge in [0.1, 0.15) is 6.54 Å². The maximum absolute atomic E-state index is 10.7. The molecule has 0 spiro atoms. The molecule has 12 heavy (non-hydrogen) atoms. The zero-order chi connectivity index (χ0) is 9.56. The summed E-state index contributed by atoms with van der Waals surface area (Å²) in [5.41, 5.74) is 0. The van der Waals surface area contributed by atoms with Gasteiger partial charge in [0.15, 0.2) is 0 Å². The molecule has 0 heterocycles. The Morgan fingerprint density at radius 3 is 2.42 bits per heavy atom. The highest BCUT2D eigenvalue weighted by atomic mass is 32.1. The number of amides is 1. The first-order valence-electron chi connectivity index (χ1n) is 3.77. The first-order valence-corrected chi connectivity index (χ1v) is 4.22. The van der Waals surface area contributed by atoms with Gasteiger partial charge in [-0.3, -0.25) is 9.59 Å². The number of carboxylic acid groups (broad SMARTS) is 1. The van der Waals surface area contributed by atoms with Crippen molar-refractivity contribution in [1.29, 1.82) is 0 Å². The SMILES string of the molecule is CCCCN(CC(=O)O)C(=O)S. The van der Waals surface area contributed by atoms with Crippen LogP contribution in [0.2, 0.25) is 0 Å². The number of hydrogen-bond acceptors (Lipinski definition) is 2. The van der Waals surface area contributed by atoms with Crippen LogP contribution < -0.4 is 0 Å². The number of unbranched alkanes of at least 4 members (excludes halogenated alkanes) is 1. The number of hydrogen-bond donors (Lipinski definition) is 2. The van der Waals surface area contributed by atoms with Crippen molar-refractivity contribution in [1.82, 2.24) is 4.90 Å². The molecule has 0 aromatic carbocycles. The Morgan fingerprint density at radius 2 is 2.08 bits per heavy atom. The average molecular weight is 191 g/mol. The highest BCUT2D eigenvalue weighted by Gasteiger charge is 2.11. The molecular formula is C7H13NO3S. The maximum Gasteiger partial charge on any atom is 0.323 e. The summed E-state index contributed by atoms with van der Waals surface area (Å²) in [6.07, 6.45) is 1.73. The standard InChI is InChI=1S/C7H13NO3S/c1-2-3-4-8(7(11)12)5-6(9)10/h2-5H2,1H3,(H,9,10)(H,11,12). The van der Waals surface area contributed by atoms with Crippen LogP contribution in [0.25, 0.3) is 0 Å². The number of carbonyl (C=O) groups is 2. The van der Waals surface area contributed by atoms with E-state index in [4.69, 9.17) is 5.11 Å². The monoisotopic (exact) mass is 191 g/mol. The van der Waals surface area contributed by atoms with Crippen LogP contribution in [0.5, 0.6) is 0 Å². The average Bonchev–Trinajstić information content (AvgIpc) is 1.96. The largest absolute Gasteiger partial charge is 0.480 e. The number of carbonyl (C=O) groups excluding carboxylic acids is 1. The quantitative estimate of drug-likeness (QED) is 0.642. The molecule has 0 bridgehead atoms. The summed E-state index contributed by atoms with van der Waals surface area (Å²) in [7, 11) is 0. The van der Waals surface area contributed by atoms with Crippen molar-refractivity contribution in [2.24, 2.45) is 0 Å². The summed E-state index contributed by atoms with van der Waals surface area (Å²) in [6.45, 7) is 2.18. The molecule has 0 unspecified atom stereocenters. The molecule has 0 saturated carbocycles. The molecule has 4 nitrogen and oxygen atoms in total. The Labute approximate surface area is 77.0 Å². The lowest BCUT2D eigenvalue weighted by Crippen LogP contribution is -2.32. The first kappa shape index (κ1) is 11.3. The van der Waals surface area contributed by atoms with E-state index in [0.717, 1.165) is 12.8 Å². The summed E-state index contributed by atoms with van der Waals surface area (Å²) < 4.78 is 0. The van der Waals surface area contributed by atoms with Crippen LogP contribution >= 0.6 is 12.6 Å². The normalized spacial score (nSPS) is 9.50. The van der Waals surface area contributed by atoms with E-state index in [1.54, 1.807) is 0 Å². The summed E-state index contributed by atoms with van der Waals surface area (Å²) in [5, 5.41) is 7.92. The second-order valence-corrected chi connectivity index (χ2v) is 2.83. The first-order chi connectivity index (χ1) is 5.57. The van der Waals surface area contributed by atoms with Crippen molar-refractivity contribution in [3.05, 3.63) is 0 Å². The molecule has 5 heteroatoms. The summed E-state index contributed by atoms with van der Waals surface area (Å²) in [6, 6.07) is 0. The van der Waals surface area contributed by atoms with Gasteiger partial charge >= 0.3 is 5.97 Å². The van der Waals surface area contributed by atoms with E-state index in [1.807, 2.05) is 6.92 Å². The second-order valence-electron chi connectivity index (χ2n) is 2.45. The summed E-state index contributed by atoms with van der Waals surface area (Å²) in [4.78, 5) is 22.2. The predicted molar refractivity (Wildman–Crippen MR) is 48.5 cm³/mol. The molecule has 1 amide bonds. The lowest BCUT2D eigenvalue weighted by Gasteiger charge is -2.16. The molecule has 0 rings (SSSR count). The van der Waals surface area contributed by atoms with E-state index < -0.39 is 11.2 Å². The minimum atomic E-state index is -1.01. The van der Waals surface area contributed by atoms with E-state index in [-0.39, 0.29) is 6.54 Å². The minimum absolute atomic E-state index is 0.262. The van der Waals surface area contributed by atoms with E-state index in [1.165, 1.54) is 4.90 Å². The van der Waals surface area contributed by atoms with Gasteiger partial charge in [0, 0.05) is 6.54 Å². The molecule has 0 saturated heterocycles. The van der Waals surface area contributed by atoms with Gasteiger partial charge in [0.2, 0.25) is 0 Å². The van der Waals surface area contributed by atoms with E-state index in [2.05, 4.69) is 12.6 Å². The van der Waals surface area contributed by atoms with Gasteiger partial charge in [-0.1, -0.05) is 26.0 Å². The zero-order valence-corrected chi connectivity index (χ0v) is 7.88. The number of nitrogens with zero attached hydrogens (tertiary/aromatic N) is 1. The highest BCUT2D eigenvalue weighted by molar-refractivity contribution is 7.96. The second kappa shape index (κ2) is 5.88. The van der Waals surface area contributed by atoms with Crippen molar-refractivity contribution < 1.29 is 14.7 Å². The Morgan fingerprint density at radius 1 is 1.50 bits per heavy atom. The van der Waals surface area contributed by atoms with Crippen LogP contribution in [-0.2, 0) is 4.79 Å². The molecule has 1 N–H and O–H groups in total. The summed E-state index contributed by atoms with van der Waals surface area (Å²) in [5.74, 6) is -1.01. The maximum atomic E-state index is 10.7.